The maximum Gasteiger partial charge on any atom is 0.266 e. The Hall–Kier alpha value is -1.39. The molecule has 0 saturated carbocycles. The van der Waals surface area contributed by atoms with Crippen molar-refractivity contribution in [2.45, 2.75) is 50.2 Å². The minimum absolute atomic E-state index is 0.0449. The molecule has 1 saturated heterocycles. The van der Waals surface area contributed by atoms with Gasteiger partial charge in [0.15, 0.2) is 5.60 Å². The quantitative estimate of drug-likeness (QED) is 0.482. The Kier molecular flexibility index (Phi) is 3.21. The van der Waals surface area contributed by atoms with E-state index in [2.05, 4.69) is 40.4 Å². The number of nitrogens with zero attached hydrogens (tertiary/aromatic N) is 1. The van der Waals surface area contributed by atoms with Gasteiger partial charge in [-0.3, -0.25) is 4.79 Å². The van der Waals surface area contributed by atoms with Crippen molar-refractivity contribution in [1.82, 2.24) is 0 Å². The summed E-state index contributed by atoms with van der Waals surface area (Å²) in [5.74, 6) is 0.0865. The Morgan fingerprint density at radius 2 is 2.00 bits per heavy atom. The second-order valence-electron chi connectivity index (χ2n) is 7.93. The van der Waals surface area contributed by atoms with Crippen LogP contribution in [0.5, 0.6) is 0 Å². The zero-order chi connectivity index (χ0) is 16.3. The van der Waals surface area contributed by atoms with Crippen molar-refractivity contribution in [3.05, 3.63) is 42.5 Å². The first kappa shape index (κ1) is 15.5. The number of ether oxygens (including phenoxy) is 1. The first-order valence-corrected chi connectivity index (χ1v) is 11.0. The zero-order valence-corrected chi connectivity index (χ0v) is 15.1. The number of anilines is 1. The number of hydrogen-bond donors (Lipinski definition) is 0. The van der Waals surface area contributed by atoms with Gasteiger partial charge in [-0.15, -0.1) is 6.58 Å². The molecule has 0 bridgehead atoms. The highest BCUT2D eigenvalue weighted by atomic mass is 28.3. The molecule has 0 N–H and O–H groups in total. The van der Waals surface area contributed by atoms with Crippen molar-refractivity contribution in [2.24, 2.45) is 0 Å². The van der Waals surface area contributed by atoms with Crippen molar-refractivity contribution in [2.75, 3.05) is 11.4 Å². The molecule has 0 aliphatic carbocycles. The van der Waals surface area contributed by atoms with Crippen LogP contribution in [0.3, 0.4) is 0 Å². The van der Waals surface area contributed by atoms with Crippen LogP contribution in [0.2, 0.25) is 18.1 Å². The molecule has 1 aromatic rings. The van der Waals surface area contributed by atoms with Crippen LogP contribution >= 0.6 is 0 Å². The third kappa shape index (κ3) is 1.80. The van der Waals surface area contributed by atoms with Crippen molar-refractivity contribution in [1.29, 1.82) is 0 Å². The molecule has 0 aromatic heterocycles. The number of hydrogen-bond acceptors (Lipinski definition) is 2. The Balaban J connectivity index is 2.07. The summed E-state index contributed by atoms with van der Waals surface area (Å²) >= 11 is 0. The standard InChI is InChI=1S/C18H25NO2Si/c1-7-12-19-14-11-9-8-10-13(14)18(15(19)20)16(21-18)22(5,6)17(2,3)4/h7-11,16H,1,12H2,2-6H3. The van der Waals surface area contributed by atoms with Gasteiger partial charge in [-0.25, -0.2) is 0 Å². The summed E-state index contributed by atoms with van der Waals surface area (Å²) in [7, 11) is -1.77. The monoisotopic (exact) mass is 315 g/mol. The molecular weight excluding hydrogens is 290 g/mol. The van der Waals surface area contributed by atoms with E-state index in [9.17, 15) is 4.79 Å². The molecule has 2 aliphatic heterocycles. The number of carbonyl (C=O) groups excluding carboxylic acids is 1. The van der Waals surface area contributed by atoms with Crippen LogP contribution in [0.15, 0.2) is 36.9 Å². The number of amides is 1. The van der Waals surface area contributed by atoms with E-state index in [1.165, 1.54) is 0 Å². The molecule has 1 aromatic carbocycles. The summed E-state index contributed by atoms with van der Waals surface area (Å²) in [6.45, 7) is 15.8. The molecular formula is C18H25NO2Si. The van der Waals surface area contributed by atoms with Crippen LogP contribution in [0.4, 0.5) is 5.69 Å². The maximum absolute atomic E-state index is 13.1. The van der Waals surface area contributed by atoms with Gasteiger partial charge in [-0.1, -0.05) is 58.1 Å². The number of benzene rings is 1. The smallest absolute Gasteiger partial charge is 0.266 e. The van der Waals surface area contributed by atoms with Gasteiger partial charge < -0.3 is 9.64 Å². The van der Waals surface area contributed by atoms with E-state index in [1.807, 2.05) is 29.2 Å². The Morgan fingerprint density at radius 3 is 2.59 bits per heavy atom. The van der Waals surface area contributed by atoms with Crippen molar-refractivity contribution in [3.8, 4) is 0 Å². The van der Waals surface area contributed by atoms with Gasteiger partial charge >= 0.3 is 0 Å². The summed E-state index contributed by atoms with van der Waals surface area (Å²) in [5, 5.41) is 0.183. The largest absolute Gasteiger partial charge is 0.354 e. The van der Waals surface area contributed by atoms with E-state index < -0.39 is 13.7 Å². The van der Waals surface area contributed by atoms with Crippen LogP contribution in [-0.2, 0) is 15.1 Å². The highest BCUT2D eigenvalue weighted by Crippen LogP contribution is 2.61. The zero-order valence-electron chi connectivity index (χ0n) is 14.1. The van der Waals surface area contributed by atoms with Crippen molar-refractivity contribution >= 4 is 19.7 Å². The fourth-order valence-electron chi connectivity index (χ4n) is 3.33. The molecule has 1 fully saturated rings. The molecule has 2 atom stereocenters. The fraction of sp³-hybridized carbons (Fsp3) is 0.500. The number of fused-ring (bicyclic) bond motifs is 2. The van der Waals surface area contributed by atoms with E-state index in [0.29, 0.717) is 6.54 Å². The van der Waals surface area contributed by atoms with Gasteiger partial charge in [0.1, 0.15) is 0 Å². The van der Waals surface area contributed by atoms with Crippen molar-refractivity contribution in [3.63, 3.8) is 0 Å². The minimum Gasteiger partial charge on any atom is -0.354 e. The lowest BCUT2D eigenvalue weighted by Crippen LogP contribution is -2.48. The lowest BCUT2D eigenvalue weighted by molar-refractivity contribution is -0.122. The third-order valence-corrected chi connectivity index (χ3v) is 11.4. The van der Waals surface area contributed by atoms with E-state index in [0.717, 1.165) is 11.3 Å². The van der Waals surface area contributed by atoms with Gasteiger partial charge in [0.25, 0.3) is 5.91 Å². The SMILES string of the molecule is C=CCN1C(=O)C2(OC2[Si](C)(C)C(C)(C)C)c2ccccc21. The number of epoxide rings is 1. The first-order chi connectivity index (χ1) is 10.2. The topological polar surface area (TPSA) is 32.8 Å². The summed E-state index contributed by atoms with van der Waals surface area (Å²) in [5.41, 5.74) is 1.33. The van der Waals surface area contributed by atoms with Crippen LogP contribution < -0.4 is 4.90 Å². The van der Waals surface area contributed by atoms with E-state index >= 15 is 0 Å². The van der Waals surface area contributed by atoms with Crippen LogP contribution in [-0.4, -0.2) is 26.3 Å². The summed E-state index contributed by atoms with van der Waals surface area (Å²) in [6.07, 6.45) is 1.78. The highest BCUT2D eigenvalue weighted by Gasteiger charge is 2.74. The predicted octanol–water partition coefficient (Wildman–Crippen LogP) is 3.86. The molecule has 3 rings (SSSR count). The minimum atomic E-state index is -1.77. The molecule has 118 valence electrons. The molecule has 2 unspecified atom stereocenters. The van der Waals surface area contributed by atoms with Crippen LogP contribution in [0, 0.1) is 0 Å². The fourth-order valence-corrected chi connectivity index (χ4v) is 5.89. The summed E-state index contributed by atoms with van der Waals surface area (Å²) < 4.78 is 6.21. The number of para-hydroxylation sites is 1. The molecule has 1 amide bonds. The lowest BCUT2D eigenvalue weighted by atomic mass is 10.0. The lowest BCUT2D eigenvalue weighted by Gasteiger charge is -2.36. The molecule has 3 nitrogen and oxygen atoms in total. The molecule has 4 heteroatoms. The maximum atomic E-state index is 13.1. The Bertz CT molecular complexity index is 647. The Labute approximate surface area is 134 Å². The van der Waals surface area contributed by atoms with E-state index in [1.54, 1.807) is 6.08 Å². The van der Waals surface area contributed by atoms with Crippen LogP contribution in [0.25, 0.3) is 0 Å². The number of carbonyl (C=O) groups is 1. The molecule has 1 spiro atoms. The van der Waals surface area contributed by atoms with Crippen LogP contribution in [0.1, 0.15) is 26.3 Å². The Morgan fingerprint density at radius 1 is 1.36 bits per heavy atom. The van der Waals surface area contributed by atoms with E-state index in [-0.39, 0.29) is 16.7 Å². The molecule has 2 heterocycles. The average molecular weight is 315 g/mol. The van der Waals surface area contributed by atoms with Gasteiger partial charge in [-0.2, -0.15) is 0 Å². The average Bonchev–Trinajstić information content (AvgIpc) is 3.15. The van der Waals surface area contributed by atoms with Gasteiger partial charge in [0.2, 0.25) is 0 Å². The first-order valence-electron chi connectivity index (χ1n) is 7.88. The summed E-state index contributed by atoms with van der Waals surface area (Å²) in [4.78, 5) is 14.9. The summed E-state index contributed by atoms with van der Waals surface area (Å²) in [6, 6.07) is 8.03. The third-order valence-electron chi connectivity index (χ3n) is 5.67. The molecule has 0 radical (unpaired) electrons. The molecule has 22 heavy (non-hydrogen) atoms. The second-order valence-corrected chi connectivity index (χ2v) is 13.4. The van der Waals surface area contributed by atoms with Gasteiger partial charge in [0, 0.05) is 12.1 Å². The van der Waals surface area contributed by atoms with Crippen molar-refractivity contribution < 1.29 is 9.53 Å². The van der Waals surface area contributed by atoms with Gasteiger partial charge in [0.05, 0.1) is 19.5 Å². The van der Waals surface area contributed by atoms with E-state index in [4.69, 9.17) is 4.74 Å². The second kappa shape index (κ2) is 4.55. The van der Waals surface area contributed by atoms with Gasteiger partial charge in [-0.05, 0) is 11.1 Å². The number of rotatable bonds is 3. The highest BCUT2D eigenvalue weighted by molar-refractivity contribution is 6.82. The predicted molar refractivity (Wildman–Crippen MR) is 92.7 cm³/mol. The normalized spacial score (nSPS) is 27.2. The molecule has 2 aliphatic rings.